The van der Waals surface area contributed by atoms with E-state index in [9.17, 15) is 4.39 Å². The van der Waals surface area contributed by atoms with E-state index in [0.717, 1.165) is 35.8 Å². The number of hydrogen-bond donors (Lipinski definition) is 1. The first kappa shape index (κ1) is 18.6. The van der Waals surface area contributed by atoms with E-state index in [-0.39, 0.29) is 11.2 Å². The molecule has 1 nitrogen and oxygen atoms in total. The van der Waals surface area contributed by atoms with Gasteiger partial charge in [0.2, 0.25) is 0 Å². The van der Waals surface area contributed by atoms with Gasteiger partial charge in [0.1, 0.15) is 5.82 Å². The van der Waals surface area contributed by atoms with Crippen LogP contribution in [0.4, 0.5) is 4.39 Å². The molecule has 2 atom stereocenters. The van der Waals surface area contributed by atoms with Crippen molar-refractivity contribution in [2.45, 2.75) is 59.9 Å². The highest BCUT2D eigenvalue weighted by atomic mass is 79.9. The molecule has 1 aromatic rings. The molecule has 0 aliphatic rings. The van der Waals surface area contributed by atoms with Gasteiger partial charge in [-0.25, -0.2) is 4.39 Å². The molecule has 0 amide bonds. The molecule has 0 aliphatic heterocycles. The first-order valence-corrected chi connectivity index (χ1v) is 8.70. The number of halogens is 2. The van der Waals surface area contributed by atoms with Gasteiger partial charge in [-0.1, -0.05) is 56.6 Å². The predicted molar refractivity (Wildman–Crippen MR) is 93.1 cm³/mol. The molecular formula is C18H29BrFN. The molecule has 0 aromatic heterocycles. The fourth-order valence-corrected chi connectivity index (χ4v) is 2.65. The second-order valence-corrected chi connectivity index (χ2v) is 8.01. The summed E-state index contributed by atoms with van der Waals surface area (Å²) in [6.07, 6.45) is 2.92. The third-order valence-electron chi connectivity index (χ3n) is 4.28. The van der Waals surface area contributed by atoms with E-state index in [0.29, 0.717) is 12.0 Å². The summed E-state index contributed by atoms with van der Waals surface area (Å²) in [5, 5.41) is 3.58. The van der Waals surface area contributed by atoms with Gasteiger partial charge in [0.05, 0.1) is 0 Å². The molecule has 1 N–H and O–H groups in total. The average Bonchev–Trinajstić information content (AvgIpc) is 2.37. The summed E-state index contributed by atoms with van der Waals surface area (Å²) >= 11 is 3.32. The Hall–Kier alpha value is -0.410. The van der Waals surface area contributed by atoms with Crippen molar-refractivity contribution in [1.82, 2.24) is 5.32 Å². The third kappa shape index (κ3) is 6.48. The minimum atomic E-state index is -0.115. The van der Waals surface area contributed by atoms with Crippen molar-refractivity contribution in [1.29, 1.82) is 0 Å². The monoisotopic (exact) mass is 357 g/mol. The fraction of sp³-hybridized carbons (Fsp3) is 0.667. The summed E-state index contributed by atoms with van der Waals surface area (Å²) in [6.45, 7) is 12.3. The molecular weight excluding hydrogens is 329 g/mol. The zero-order chi connectivity index (χ0) is 16.0. The summed E-state index contributed by atoms with van der Waals surface area (Å²) in [6, 6.07) is 5.69. The predicted octanol–water partition coefficient (Wildman–Crippen LogP) is 5.57. The fourth-order valence-electron chi connectivity index (χ4n) is 2.32. The van der Waals surface area contributed by atoms with Crippen molar-refractivity contribution in [3.05, 3.63) is 34.1 Å². The number of nitrogens with one attached hydrogen (secondary N) is 1. The summed E-state index contributed by atoms with van der Waals surface area (Å²) in [5.74, 6) is 0.474. The molecule has 120 valence electrons. The second kappa shape index (κ2) is 8.28. The Morgan fingerprint density at radius 2 is 1.95 bits per heavy atom. The Balaban J connectivity index is 2.77. The van der Waals surface area contributed by atoms with Crippen molar-refractivity contribution in [2.75, 3.05) is 6.54 Å². The molecule has 0 heterocycles. The lowest BCUT2D eigenvalue weighted by molar-refractivity contribution is 0.221. The first-order valence-electron chi connectivity index (χ1n) is 7.91. The molecule has 2 unspecified atom stereocenters. The third-order valence-corrected chi connectivity index (χ3v) is 4.77. The van der Waals surface area contributed by atoms with E-state index in [1.54, 1.807) is 6.07 Å². The highest BCUT2D eigenvalue weighted by Gasteiger charge is 2.24. The molecule has 0 saturated heterocycles. The first-order chi connectivity index (χ1) is 9.74. The van der Waals surface area contributed by atoms with E-state index < -0.39 is 0 Å². The van der Waals surface area contributed by atoms with Gasteiger partial charge >= 0.3 is 0 Å². The molecule has 0 bridgehead atoms. The van der Waals surface area contributed by atoms with Crippen LogP contribution in [0.25, 0.3) is 0 Å². The smallest absolute Gasteiger partial charge is 0.127 e. The number of benzene rings is 1. The van der Waals surface area contributed by atoms with Gasteiger partial charge in [-0.3, -0.25) is 0 Å². The summed E-state index contributed by atoms with van der Waals surface area (Å²) in [5.41, 5.74) is 1.08. The Morgan fingerprint density at radius 3 is 2.48 bits per heavy atom. The van der Waals surface area contributed by atoms with Gasteiger partial charge in [-0.15, -0.1) is 0 Å². The normalized spacial score (nSPS) is 15.0. The van der Waals surface area contributed by atoms with E-state index in [4.69, 9.17) is 0 Å². The van der Waals surface area contributed by atoms with E-state index in [1.165, 1.54) is 0 Å². The molecule has 0 saturated carbocycles. The van der Waals surface area contributed by atoms with Crippen LogP contribution in [0.1, 0.15) is 53.0 Å². The molecule has 0 spiro atoms. The van der Waals surface area contributed by atoms with Gasteiger partial charge in [0, 0.05) is 10.5 Å². The van der Waals surface area contributed by atoms with Gasteiger partial charge < -0.3 is 5.32 Å². The maximum atomic E-state index is 14.0. The van der Waals surface area contributed by atoms with Crippen LogP contribution in [0.2, 0.25) is 0 Å². The van der Waals surface area contributed by atoms with Crippen LogP contribution in [0.3, 0.4) is 0 Å². The van der Waals surface area contributed by atoms with Crippen LogP contribution in [-0.2, 0) is 6.42 Å². The zero-order valence-electron chi connectivity index (χ0n) is 14.0. The highest BCUT2D eigenvalue weighted by Crippen LogP contribution is 2.30. The lowest BCUT2D eigenvalue weighted by Crippen LogP contribution is -2.36. The van der Waals surface area contributed by atoms with Crippen LogP contribution in [-0.4, -0.2) is 12.6 Å². The van der Waals surface area contributed by atoms with E-state index in [1.807, 2.05) is 12.1 Å². The lowest BCUT2D eigenvalue weighted by Gasteiger charge is -2.31. The minimum Gasteiger partial charge on any atom is -0.314 e. The summed E-state index contributed by atoms with van der Waals surface area (Å²) < 4.78 is 14.8. The maximum absolute atomic E-state index is 14.0. The van der Waals surface area contributed by atoms with Crippen LogP contribution < -0.4 is 5.32 Å². The zero-order valence-corrected chi connectivity index (χ0v) is 15.6. The van der Waals surface area contributed by atoms with Gasteiger partial charge in [0.15, 0.2) is 0 Å². The SMILES string of the molecule is CCCNC(Cc1ccc(Br)cc1F)CC(C)C(C)(C)C. The molecule has 1 rings (SSSR count). The Kier molecular flexibility index (Phi) is 7.35. The van der Waals surface area contributed by atoms with Crippen LogP contribution in [0.5, 0.6) is 0 Å². The van der Waals surface area contributed by atoms with Gasteiger partial charge in [0.25, 0.3) is 0 Å². The molecule has 3 heteroatoms. The summed E-state index contributed by atoms with van der Waals surface area (Å²) in [4.78, 5) is 0. The van der Waals surface area contributed by atoms with Crippen LogP contribution >= 0.6 is 15.9 Å². The topological polar surface area (TPSA) is 12.0 Å². The molecule has 0 fully saturated rings. The Labute approximate surface area is 137 Å². The van der Waals surface area contributed by atoms with Gasteiger partial charge in [-0.2, -0.15) is 0 Å². The lowest BCUT2D eigenvalue weighted by atomic mass is 9.77. The highest BCUT2D eigenvalue weighted by molar-refractivity contribution is 9.10. The van der Waals surface area contributed by atoms with E-state index in [2.05, 4.69) is 55.9 Å². The number of rotatable bonds is 7. The van der Waals surface area contributed by atoms with Crippen LogP contribution in [0, 0.1) is 17.2 Å². The molecule has 21 heavy (non-hydrogen) atoms. The molecule has 0 radical (unpaired) electrons. The average molecular weight is 358 g/mol. The second-order valence-electron chi connectivity index (χ2n) is 7.09. The van der Waals surface area contributed by atoms with Crippen molar-refractivity contribution in [3.63, 3.8) is 0 Å². The van der Waals surface area contributed by atoms with Crippen molar-refractivity contribution in [2.24, 2.45) is 11.3 Å². The summed E-state index contributed by atoms with van der Waals surface area (Å²) in [7, 11) is 0. The van der Waals surface area contributed by atoms with Crippen molar-refractivity contribution >= 4 is 15.9 Å². The molecule has 0 aliphatic carbocycles. The van der Waals surface area contributed by atoms with Crippen molar-refractivity contribution in [3.8, 4) is 0 Å². The van der Waals surface area contributed by atoms with Crippen LogP contribution in [0.15, 0.2) is 22.7 Å². The minimum absolute atomic E-state index is 0.115. The quantitative estimate of drug-likeness (QED) is 0.672. The maximum Gasteiger partial charge on any atom is 0.127 e. The standard InChI is InChI=1S/C18H29BrFN/c1-6-9-21-16(10-13(2)18(3,4)5)11-14-7-8-15(19)12-17(14)20/h7-8,12-13,16,21H,6,9-11H2,1-5H3. The van der Waals surface area contributed by atoms with Gasteiger partial charge in [-0.05, 0) is 54.8 Å². The largest absolute Gasteiger partial charge is 0.314 e. The molecule has 1 aromatic carbocycles. The Bertz CT molecular complexity index is 439. The van der Waals surface area contributed by atoms with Crippen molar-refractivity contribution < 1.29 is 4.39 Å². The van der Waals surface area contributed by atoms with E-state index >= 15 is 0 Å². The Morgan fingerprint density at radius 1 is 1.29 bits per heavy atom. The number of hydrogen-bond acceptors (Lipinski definition) is 1.